The average Bonchev–Trinajstić information content (AvgIpc) is 3.18. The summed E-state index contributed by atoms with van der Waals surface area (Å²) in [7, 11) is 0. The zero-order valence-corrected chi connectivity index (χ0v) is 15.0. The van der Waals surface area contributed by atoms with Gasteiger partial charge in [0.25, 0.3) is 5.91 Å². The third kappa shape index (κ3) is 4.66. The van der Waals surface area contributed by atoms with Crippen molar-refractivity contribution < 1.29 is 22.7 Å². The number of aromatic nitrogens is 1. The van der Waals surface area contributed by atoms with Gasteiger partial charge in [-0.2, -0.15) is 13.2 Å². The lowest BCUT2D eigenvalue weighted by molar-refractivity contribution is -0.137. The predicted molar refractivity (Wildman–Crippen MR) is 95.2 cm³/mol. The molecule has 0 spiro atoms. The Morgan fingerprint density at radius 1 is 1.22 bits per heavy atom. The van der Waals surface area contributed by atoms with Crippen LogP contribution in [-0.4, -0.2) is 41.6 Å². The van der Waals surface area contributed by atoms with Crippen molar-refractivity contribution in [1.29, 1.82) is 0 Å². The number of benzene rings is 1. The summed E-state index contributed by atoms with van der Waals surface area (Å²) in [5, 5.41) is 0. The highest BCUT2D eigenvalue weighted by molar-refractivity contribution is 5.94. The zero-order chi connectivity index (χ0) is 19.4. The Bertz CT molecular complexity index is 767. The number of pyridine rings is 1. The van der Waals surface area contributed by atoms with Gasteiger partial charge >= 0.3 is 6.18 Å². The van der Waals surface area contributed by atoms with Gasteiger partial charge in [-0.15, -0.1) is 0 Å². The Kier molecular flexibility index (Phi) is 5.79. The van der Waals surface area contributed by atoms with Crippen molar-refractivity contribution in [3.63, 3.8) is 0 Å². The van der Waals surface area contributed by atoms with E-state index < -0.39 is 11.7 Å². The fourth-order valence-electron chi connectivity index (χ4n) is 3.09. The molecule has 7 heteroatoms. The SMILES string of the molecule is CCN(C[C@H]1CCCO1)C(=O)c1ccc(-c2ccc(C(F)(F)F)cn2)cc1. The summed E-state index contributed by atoms with van der Waals surface area (Å²) in [4.78, 5) is 18.3. The van der Waals surface area contributed by atoms with Crippen LogP contribution < -0.4 is 0 Å². The number of amides is 1. The molecule has 0 saturated carbocycles. The minimum Gasteiger partial charge on any atom is -0.376 e. The van der Waals surface area contributed by atoms with Crippen molar-refractivity contribution >= 4 is 5.91 Å². The number of ether oxygens (including phenoxy) is 1. The molecule has 0 aliphatic carbocycles. The van der Waals surface area contributed by atoms with Crippen molar-refractivity contribution in [2.75, 3.05) is 19.7 Å². The van der Waals surface area contributed by atoms with Crippen molar-refractivity contribution in [2.45, 2.75) is 32.0 Å². The van der Waals surface area contributed by atoms with Gasteiger partial charge < -0.3 is 9.64 Å². The first-order valence-corrected chi connectivity index (χ1v) is 8.93. The topological polar surface area (TPSA) is 42.4 Å². The molecule has 0 radical (unpaired) electrons. The Labute approximate surface area is 156 Å². The molecule has 2 aromatic rings. The molecule has 1 aliphatic heterocycles. The third-order valence-corrected chi connectivity index (χ3v) is 4.64. The van der Waals surface area contributed by atoms with E-state index in [1.165, 1.54) is 6.07 Å². The van der Waals surface area contributed by atoms with E-state index in [0.29, 0.717) is 29.9 Å². The van der Waals surface area contributed by atoms with Crippen LogP contribution in [0, 0.1) is 0 Å². The predicted octanol–water partition coefficient (Wildman–Crippen LogP) is 4.41. The van der Waals surface area contributed by atoms with Crippen LogP contribution in [0.15, 0.2) is 42.6 Å². The molecule has 27 heavy (non-hydrogen) atoms. The minimum absolute atomic E-state index is 0.0834. The van der Waals surface area contributed by atoms with Crippen LogP contribution in [0.2, 0.25) is 0 Å². The largest absolute Gasteiger partial charge is 0.417 e. The molecule has 1 atom stereocenters. The summed E-state index contributed by atoms with van der Waals surface area (Å²) in [5.41, 5.74) is 0.826. The van der Waals surface area contributed by atoms with Crippen LogP contribution in [-0.2, 0) is 10.9 Å². The number of alkyl halides is 3. The highest BCUT2D eigenvalue weighted by Gasteiger charge is 2.30. The Hall–Kier alpha value is -2.41. The number of hydrogen-bond donors (Lipinski definition) is 0. The number of halogens is 3. The molecular formula is C20H21F3N2O2. The van der Waals surface area contributed by atoms with Gasteiger partial charge in [0.05, 0.1) is 17.4 Å². The molecule has 1 aliphatic rings. The molecule has 1 aromatic carbocycles. The Morgan fingerprint density at radius 2 is 1.96 bits per heavy atom. The van der Waals surface area contributed by atoms with Gasteiger partial charge in [0, 0.05) is 37.0 Å². The first kappa shape index (κ1) is 19.4. The third-order valence-electron chi connectivity index (χ3n) is 4.64. The maximum absolute atomic E-state index is 12.7. The highest BCUT2D eigenvalue weighted by Crippen LogP contribution is 2.29. The number of carbonyl (C=O) groups excluding carboxylic acids is 1. The van der Waals surface area contributed by atoms with Crippen molar-refractivity contribution in [2.24, 2.45) is 0 Å². The van der Waals surface area contributed by atoms with Crippen LogP contribution in [0.25, 0.3) is 11.3 Å². The van der Waals surface area contributed by atoms with Gasteiger partial charge in [0.1, 0.15) is 0 Å². The van der Waals surface area contributed by atoms with E-state index in [-0.39, 0.29) is 12.0 Å². The van der Waals surface area contributed by atoms with Crippen LogP contribution in [0.3, 0.4) is 0 Å². The summed E-state index contributed by atoms with van der Waals surface area (Å²) in [6, 6.07) is 9.08. The molecule has 4 nitrogen and oxygen atoms in total. The lowest BCUT2D eigenvalue weighted by atomic mass is 10.1. The maximum atomic E-state index is 12.7. The summed E-state index contributed by atoms with van der Waals surface area (Å²) in [5.74, 6) is -0.0834. The molecule has 0 N–H and O–H groups in total. The number of hydrogen-bond acceptors (Lipinski definition) is 3. The first-order chi connectivity index (χ1) is 12.9. The molecule has 1 aromatic heterocycles. The van der Waals surface area contributed by atoms with Gasteiger partial charge in [-0.1, -0.05) is 12.1 Å². The fourth-order valence-corrected chi connectivity index (χ4v) is 3.09. The number of likely N-dealkylation sites (N-methyl/N-ethyl adjacent to an activating group) is 1. The lowest BCUT2D eigenvalue weighted by Gasteiger charge is -2.24. The Balaban J connectivity index is 1.71. The van der Waals surface area contributed by atoms with Crippen molar-refractivity contribution in [1.82, 2.24) is 9.88 Å². The molecule has 0 bridgehead atoms. The minimum atomic E-state index is -4.41. The maximum Gasteiger partial charge on any atom is 0.417 e. The summed E-state index contributed by atoms with van der Waals surface area (Å²) >= 11 is 0. The van der Waals surface area contributed by atoms with Gasteiger partial charge in [-0.05, 0) is 44.0 Å². The van der Waals surface area contributed by atoms with E-state index in [0.717, 1.165) is 31.7 Å². The van der Waals surface area contributed by atoms with E-state index in [2.05, 4.69) is 4.98 Å². The van der Waals surface area contributed by atoms with Gasteiger partial charge in [-0.25, -0.2) is 0 Å². The monoisotopic (exact) mass is 378 g/mol. The van der Waals surface area contributed by atoms with Crippen molar-refractivity contribution in [3.05, 3.63) is 53.7 Å². The Morgan fingerprint density at radius 3 is 2.48 bits per heavy atom. The standard InChI is InChI=1S/C20H21F3N2O2/c1-2-25(13-17-4-3-11-27-17)19(26)15-7-5-14(6-8-15)18-10-9-16(12-24-18)20(21,22)23/h5-10,12,17H,2-4,11,13H2,1H3/t17-/m1/s1. The van der Waals surface area contributed by atoms with Crippen molar-refractivity contribution in [3.8, 4) is 11.3 Å². The molecule has 144 valence electrons. The highest BCUT2D eigenvalue weighted by atomic mass is 19.4. The molecule has 0 unspecified atom stereocenters. The van der Waals surface area contributed by atoms with Gasteiger partial charge in [-0.3, -0.25) is 9.78 Å². The average molecular weight is 378 g/mol. The second-order valence-electron chi connectivity index (χ2n) is 6.49. The number of rotatable bonds is 5. The van der Waals surface area contributed by atoms with Crippen LogP contribution in [0.5, 0.6) is 0 Å². The van der Waals surface area contributed by atoms with E-state index >= 15 is 0 Å². The second-order valence-corrected chi connectivity index (χ2v) is 6.49. The van der Waals surface area contributed by atoms with Gasteiger partial charge in [0.2, 0.25) is 0 Å². The lowest BCUT2D eigenvalue weighted by Crippen LogP contribution is -2.37. The second kappa shape index (κ2) is 8.08. The van der Waals surface area contributed by atoms with Crippen LogP contribution in [0.4, 0.5) is 13.2 Å². The number of carbonyl (C=O) groups is 1. The summed E-state index contributed by atoms with van der Waals surface area (Å²) < 4.78 is 43.5. The normalized spacial score (nSPS) is 17.1. The fraction of sp³-hybridized carbons (Fsp3) is 0.400. The summed E-state index contributed by atoms with van der Waals surface area (Å²) in [6.07, 6.45) is -1.53. The molecule has 1 fully saturated rings. The molecule has 1 saturated heterocycles. The number of nitrogens with zero attached hydrogens (tertiary/aromatic N) is 2. The first-order valence-electron chi connectivity index (χ1n) is 8.93. The van der Waals surface area contributed by atoms with E-state index in [4.69, 9.17) is 4.74 Å². The van der Waals surface area contributed by atoms with Crippen LogP contribution in [0.1, 0.15) is 35.7 Å². The van der Waals surface area contributed by atoms with Crippen LogP contribution >= 0.6 is 0 Å². The zero-order valence-electron chi connectivity index (χ0n) is 15.0. The van der Waals surface area contributed by atoms with E-state index in [1.54, 1.807) is 29.2 Å². The van der Waals surface area contributed by atoms with Gasteiger partial charge in [0.15, 0.2) is 0 Å². The van der Waals surface area contributed by atoms with E-state index in [1.807, 2.05) is 6.92 Å². The smallest absolute Gasteiger partial charge is 0.376 e. The summed E-state index contributed by atoms with van der Waals surface area (Å²) in [6.45, 7) is 3.82. The molecular weight excluding hydrogens is 357 g/mol. The van der Waals surface area contributed by atoms with E-state index in [9.17, 15) is 18.0 Å². The molecule has 2 heterocycles. The quantitative estimate of drug-likeness (QED) is 0.774. The molecule has 3 rings (SSSR count). The molecule has 1 amide bonds.